The summed E-state index contributed by atoms with van der Waals surface area (Å²) in [5, 5.41) is 10.4. The Hall–Kier alpha value is -3.44. The van der Waals surface area contributed by atoms with Crippen molar-refractivity contribution in [3.05, 3.63) is 113 Å². The van der Waals surface area contributed by atoms with E-state index in [9.17, 15) is 9.90 Å². The summed E-state index contributed by atoms with van der Waals surface area (Å²) in [4.78, 5) is 12.6. The highest BCUT2D eigenvalue weighted by Gasteiger charge is 2.13. The minimum atomic E-state index is -0.546. The van der Waals surface area contributed by atoms with Crippen molar-refractivity contribution in [2.45, 2.75) is 17.3 Å². The molecule has 3 aromatic carbocycles. The first-order valence-corrected chi connectivity index (χ1v) is 10.5. The van der Waals surface area contributed by atoms with Crippen LogP contribution in [0.1, 0.15) is 11.1 Å². The molecule has 4 rings (SSSR count). The van der Waals surface area contributed by atoms with Crippen LogP contribution < -0.4 is 10.4 Å². The lowest BCUT2D eigenvalue weighted by atomic mass is 10.1. The van der Waals surface area contributed by atoms with Gasteiger partial charge in [-0.15, -0.1) is 11.8 Å². The van der Waals surface area contributed by atoms with Crippen LogP contribution in [0, 0.1) is 0 Å². The Morgan fingerprint density at radius 1 is 0.833 bits per heavy atom. The summed E-state index contributed by atoms with van der Waals surface area (Å²) >= 11 is 1.24. The van der Waals surface area contributed by atoms with Crippen molar-refractivity contribution < 1.29 is 14.3 Å². The molecule has 0 spiro atoms. The van der Waals surface area contributed by atoms with Crippen LogP contribution in [0.25, 0.3) is 11.3 Å². The molecule has 0 radical (unpaired) electrons. The molecule has 0 unspecified atom stereocenters. The fourth-order valence-corrected chi connectivity index (χ4v) is 3.83. The number of aromatic hydroxyl groups is 1. The number of hydrogen-bond donors (Lipinski definition) is 1. The van der Waals surface area contributed by atoms with Crippen LogP contribution in [0.4, 0.5) is 0 Å². The largest absolute Gasteiger partial charge is 0.506 e. The van der Waals surface area contributed by atoms with Crippen LogP contribution >= 0.6 is 11.8 Å². The second kappa shape index (κ2) is 9.37. The molecular weight excluding hydrogens is 396 g/mol. The van der Waals surface area contributed by atoms with Gasteiger partial charge in [-0.1, -0.05) is 72.8 Å². The van der Waals surface area contributed by atoms with E-state index in [2.05, 4.69) is 0 Å². The molecule has 5 heteroatoms. The van der Waals surface area contributed by atoms with Crippen molar-refractivity contribution in [3.8, 4) is 22.8 Å². The van der Waals surface area contributed by atoms with Crippen LogP contribution in [-0.2, 0) is 12.4 Å². The third kappa shape index (κ3) is 4.93. The molecule has 30 heavy (non-hydrogen) atoms. The zero-order chi connectivity index (χ0) is 20.8. The lowest BCUT2D eigenvalue weighted by Crippen LogP contribution is -2.03. The van der Waals surface area contributed by atoms with Gasteiger partial charge in [-0.3, -0.25) is 0 Å². The molecule has 0 aliphatic heterocycles. The molecule has 0 saturated carbocycles. The molecule has 1 aromatic heterocycles. The predicted octanol–water partition coefficient (Wildman–Crippen LogP) is 5.88. The smallest absolute Gasteiger partial charge is 0.353 e. The number of rotatable bonds is 7. The van der Waals surface area contributed by atoms with Gasteiger partial charge in [0.2, 0.25) is 0 Å². The van der Waals surface area contributed by atoms with Crippen LogP contribution in [0.2, 0.25) is 0 Å². The van der Waals surface area contributed by atoms with E-state index in [1.807, 2.05) is 84.9 Å². The molecule has 0 atom stereocenters. The van der Waals surface area contributed by atoms with Crippen molar-refractivity contribution in [2.75, 3.05) is 0 Å². The van der Waals surface area contributed by atoms with E-state index >= 15 is 0 Å². The zero-order valence-corrected chi connectivity index (χ0v) is 17.0. The molecule has 0 aliphatic carbocycles. The zero-order valence-electron chi connectivity index (χ0n) is 16.2. The summed E-state index contributed by atoms with van der Waals surface area (Å²) in [6, 6.07) is 28.4. The number of ether oxygens (including phenoxy) is 1. The standard InChI is InChI=1S/C25H20O4S/c26-22-15-23(20-11-5-2-6-12-20)29-25(27)24(22)30-17-19-10-7-13-21(14-19)28-16-18-8-3-1-4-9-18/h1-15,26H,16-17H2. The van der Waals surface area contributed by atoms with Gasteiger partial charge >= 0.3 is 5.63 Å². The fourth-order valence-electron chi connectivity index (χ4n) is 2.97. The van der Waals surface area contributed by atoms with Gasteiger partial charge in [0.05, 0.1) is 0 Å². The van der Waals surface area contributed by atoms with Gasteiger partial charge < -0.3 is 14.3 Å². The van der Waals surface area contributed by atoms with Crippen molar-refractivity contribution in [2.24, 2.45) is 0 Å². The van der Waals surface area contributed by atoms with Gasteiger partial charge in [-0.25, -0.2) is 4.79 Å². The van der Waals surface area contributed by atoms with Gasteiger partial charge in [0.15, 0.2) is 0 Å². The molecule has 4 nitrogen and oxygen atoms in total. The first kappa shape index (κ1) is 19.9. The van der Waals surface area contributed by atoms with E-state index < -0.39 is 5.63 Å². The second-order valence-electron chi connectivity index (χ2n) is 6.69. The van der Waals surface area contributed by atoms with Crippen molar-refractivity contribution >= 4 is 11.8 Å². The summed E-state index contributed by atoms with van der Waals surface area (Å²) in [6.07, 6.45) is 0. The molecule has 150 valence electrons. The number of benzene rings is 3. The predicted molar refractivity (Wildman–Crippen MR) is 119 cm³/mol. The third-order valence-electron chi connectivity index (χ3n) is 4.48. The summed E-state index contributed by atoms with van der Waals surface area (Å²) in [5.41, 5.74) is 2.27. The Morgan fingerprint density at radius 3 is 2.27 bits per heavy atom. The Labute approximate surface area is 178 Å². The molecule has 0 fully saturated rings. The Morgan fingerprint density at radius 2 is 1.53 bits per heavy atom. The molecular formula is C25H20O4S. The second-order valence-corrected chi connectivity index (χ2v) is 7.67. The maximum atomic E-state index is 12.4. The van der Waals surface area contributed by atoms with E-state index in [4.69, 9.17) is 9.15 Å². The fraction of sp³-hybridized carbons (Fsp3) is 0.0800. The lowest BCUT2D eigenvalue weighted by Gasteiger charge is -2.09. The topological polar surface area (TPSA) is 59.7 Å². The molecule has 1 N–H and O–H groups in total. The highest BCUT2D eigenvalue weighted by Crippen LogP contribution is 2.32. The molecule has 4 aromatic rings. The molecule has 0 saturated heterocycles. The quantitative estimate of drug-likeness (QED) is 0.381. The SMILES string of the molecule is O=c1oc(-c2ccccc2)cc(O)c1SCc1cccc(OCc2ccccc2)c1. The van der Waals surface area contributed by atoms with Gasteiger partial charge in [0, 0.05) is 17.4 Å². The van der Waals surface area contributed by atoms with Crippen molar-refractivity contribution in [1.82, 2.24) is 0 Å². The summed E-state index contributed by atoms with van der Waals surface area (Å²) in [5.74, 6) is 1.53. The average Bonchev–Trinajstić information content (AvgIpc) is 2.78. The first-order valence-electron chi connectivity index (χ1n) is 9.50. The van der Waals surface area contributed by atoms with E-state index in [0.717, 1.165) is 22.4 Å². The van der Waals surface area contributed by atoms with E-state index in [1.54, 1.807) is 0 Å². The van der Waals surface area contributed by atoms with E-state index in [-0.39, 0.29) is 10.6 Å². The number of thioether (sulfide) groups is 1. The minimum absolute atomic E-state index is 0.0772. The van der Waals surface area contributed by atoms with Crippen molar-refractivity contribution in [1.29, 1.82) is 0 Å². The Kier molecular flexibility index (Phi) is 6.20. The average molecular weight is 416 g/mol. The maximum Gasteiger partial charge on any atom is 0.353 e. The van der Waals surface area contributed by atoms with Crippen molar-refractivity contribution in [3.63, 3.8) is 0 Å². The minimum Gasteiger partial charge on any atom is -0.506 e. The normalized spacial score (nSPS) is 10.7. The third-order valence-corrected chi connectivity index (χ3v) is 5.62. The molecule has 1 heterocycles. The summed E-state index contributed by atoms with van der Waals surface area (Å²) in [6.45, 7) is 0.489. The monoisotopic (exact) mass is 416 g/mol. The summed E-state index contributed by atoms with van der Waals surface area (Å²) in [7, 11) is 0. The lowest BCUT2D eigenvalue weighted by molar-refractivity contribution is 0.306. The maximum absolute atomic E-state index is 12.4. The molecule has 0 amide bonds. The van der Waals surface area contributed by atoms with Crippen LogP contribution in [-0.4, -0.2) is 5.11 Å². The van der Waals surface area contributed by atoms with Gasteiger partial charge in [0.25, 0.3) is 0 Å². The highest BCUT2D eigenvalue weighted by molar-refractivity contribution is 7.98. The Balaban J connectivity index is 1.44. The highest BCUT2D eigenvalue weighted by atomic mass is 32.2. The van der Waals surface area contributed by atoms with E-state index in [1.165, 1.54) is 17.8 Å². The van der Waals surface area contributed by atoms with E-state index in [0.29, 0.717) is 18.1 Å². The van der Waals surface area contributed by atoms with Gasteiger partial charge in [0.1, 0.15) is 28.8 Å². The summed E-state index contributed by atoms with van der Waals surface area (Å²) < 4.78 is 11.3. The van der Waals surface area contributed by atoms with Gasteiger partial charge in [-0.2, -0.15) is 0 Å². The van der Waals surface area contributed by atoms with Crippen LogP contribution in [0.3, 0.4) is 0 Å². The molecule has 0 aliphatic rings. The van der Waals surface area contributed by atoms with Crippen LogP contribution in [0.15, 0.2) is 105 Å². The molecule has 0 bridgehead atoms. The first-order chi connectivity index (χ1) is 14.7. The van der Waals surface area contributed by atoms with Crippen LogP contribution in [0.5, 0.6) is 11.5 Å². The Bertz CT molecular complexity index is 1170. The van der Waals surface area contributed by atoms with Gasteiger partial charge in [-0.05, 0) is 23.3 Å². The number of hydrogen-bond acceptors (Lipinski definition) is 5.